The maximum atomic E-state index is 11.0. The van der Waals surface area contributed by atoms with Gasteiger partial charge in [0.15, 0.2) is 0 Å². The van der Waals surface area contributed by atoms with Gasteiger partial charge in [0.05, 0.1) is 5.88 Å². The van der Waals surface area contributed by atoms with Gasteiger partial charge in [-0.05, 0) is 7.05 Å². The normalized spacial score (nSPS) is 11.6. The van der Waals surface area contributed by atoms with Crippen LogP contribution >= 0.6 is 36.6 Å². The zero-order chi connectivity index (χ0) is 8.69. The summed E-state index contributed by atoms with van der Waals surface area (Å²) >= 11 is 9.28. The first-order valence-corrected chi connectivity index (χ1v) is 4.43. The molecule has 0 spiro atoms. The number of hydrogen-bond donors (Lipinski definition) is 2. The van der Waals surface area contributed by atoms with Crippen LogP contribution < -0.4 is 5.32 Å². The van der Waals surface area contributed by atoms with Crippen molar-refractivity contribution in [2.45, 2.75) is 6.04 Å². The molecule has 0 radical (unpaired) electrons. The molecule has 0 saturated carbocycles. The lowest BCUT2D eigenvalue weighted by Gasteiger charge is -2.11. The average molecular weight is 234 g/mol. The summed E-state index contributed by atoms with van der Waals surface area (Å²) in [6.45, 7) is 0.256. The molecule has 0 aliphatic rings. The third kappa shape index (κ3) is 5.94. The number of nitrogens with one attached hydrogen (secondary N) is 1. The molecule has 0 bridgehead atoms. The van der Waals surface area contributed by atoms with E-state index in [2.05, 4.69) is 17.9 Å². The van der Waals surface area contributed by atoms with Crippen molar-refractivity contribution in [1.82, 2.24) is 5.32 Å². The van der Waals surface area contributed by atoms with Gasteiger partial charge in [-0.15, -0.1) is 24.0 Å². The molecule has 0 unspecified atom stereocenters. The number of hydrogen-bond acceptors (Lipinski definition) is 4. The number of carbonyl (C=O) groups is 1. The van der Waals surface area contributed by atoms with E-state index in [1.165, 1.54) is 0 Å². The van der Waals surface area contributed by atoms with Gasteiger partial charge in [0, 0.05) is 5.75 Å². The summed E-state index contributed by atoms with van der Waals surface area (Å²) in [7, 11) is 1.68. The minimum Gasteiger partial charge on any atom is -0.463 e. The van der Waals surface area contributed by atoms with Gasteiger partial charge in [0.2, 0.25) is 0 Å². The lowest BCUT2D eigenvalue weighted by Crippen LogP contribution is -2.37. The van der Waals surface area contributed by atoms with Gasteiger partial charge < -0.3 is 10.1 Å². The standard InChI is InChI=1S/C6H12ClNO2S.ClH/c1-8-5(4-11)6(9)10-3-2-7;/h5,8,11H,2-4H2,1H3;1H/t5-;/m0./s1. The molecular formula is C6H13Cl2NO2S. The Hall–Kier alpha value is 0.360. The fourth-order valence-electron chi connectivity index (χ4n) is 0.523. The van der Waals surface area contributed by atoms with Crippen molar-refractivity contribution in [2.24, 2.45) is 0 Å². The van der Waals surface area contributed by atoms with Crippen molar-refractivity contribution in [2.75, 3.05) is 25.3 Å². The van der Waals surface area contributed by atoms with E-state index in [0.29, 0.717) is 11.6 Å². The Bertz CT molecular complexity index is 122. The van der Waals surface area contributed by atoms with Crippen LogP contribution in [0, 0.1) is 0 Å². The van der Waals surface area contributed by atoms with Crippen molar-refractivity contribution in [3.05, 3.63) is 0 Å². The van der Waals surface area contributed by atoms with Crippen LogP contribution in [0.2, 0.25) is 0 Å². The summed E-state index contributed by atoms with van der Waals surface area (Å²) in [5.41, 5.74) is 0. The van der Waals surface area contributed by atoms with Crippen LogP contribution in [0.4, 0.5) is 0 Å². The van der Waals surface area contributed by atoms with E-state index in [9.17, 15) is 4.79 Å². The second-order valence-electron chi connectivity index (χ2n) is 1.88. The fraction of sp³-hybridized carbons (Fsp3) is 0.833. The molecule has 0 amide bonds. The Morgan fingerprint density at radius 1 is 1.75 bits per heavy atom. The van der Waals surface area contributed by atoms with Crippen LogP contribution in [0.25, 0.3) is 0 Å². The van der Waals surface area contributed by atoms with Gasteiger partial charge in [-0.1, -0.05) is 0 Å². The topological polar surface area (TPSA) is 38.3 Å². The molecule has 1 N–H and O–H groups in total. The molecule has 0 saturated heterocycles. The molecule has 74 valence electrons. The Balaban J connectivity index is 0. The molecule has 1 atom stereocenters. The fourth-order valence-corrected chi connectivity index (χ4v) is 0.932. The molecule has 0 aromatic heterocycles. The first-order chi connectivity index (χ1) is 5.26. The summed E-state index contributed by atoms with van der Waals surface area (Å²) in [6, 6.07) is -0.332. The maximum absolute atomic E-state index is 11.0. The summed E-state index contributed by atoms with van der Waals surface area (Å²) in [6.07, 6.45) is 0. The number of rotatable bonds is 5. The molecule has 0 aromatic carbocycles. The van der Waals surface area contributed by atoms with E-state index in [0.717, 1.165) is 0 Å². The summed E-state index contributed by atoms with van der Waals surface area (Å²) in [4.78, 5) is 11.0. The zero-order valence-corrected chi connectivity index (χ0v) is 9.22. The van der Waals surface area contributed by atoms with Gasteiger partial charge in [-0.25, -0.2) is 0 Å². The van der Waals surface area contributed by atoms with Crippen LogP contribution in [0.1, 0.15) is 0 Å². The predicted octanol–water partition coefficient (Wildman–Crippen LogP) is 0.708. The maximum Gasteiger partial charge on any atom is 0.324 e. The number of likely N-dealkylation sites (N-methyl/N-ethyl adjacent to an activating group) is 1. The smallest absolute Gasteiger partial charge is 0.324 e. The van der Waals surface area contributed by atoms with E-state index in [1.807, 2.05) is 0 Å². The molecule has 0 rings (SSSR count). The molecule has 12 heavy (non-hydrogen) atoms. The van der Waals surface area contributed by atoms with Crippen molar-refractivity contribution < 1.29 is 9.53 Å². The largest absolute Gasteiger partial charge is 0.463 e. The number of esters is 1. The monoisotopic (exact) mass is 233 g/mol. The molecule has 0 heterocycles. The summed E-state index contributed by atoms with van der Waals surface area (Å²) in [5, 5.41) is 2.77. The molecule has 0 fully saturated rings. The first kappa shape index (κ1) is 14.9. The van der Waals surface area contributed by atoms with E-state index < -0.39 is 0 Å². The average Bonchev–Trinajstić information content (AvgIpc) is 2.03. The van der Waals surface area contributed by atoms with Crippen molar-refractivity contribution in [3.8, 4) is 0 Å². The molecular weight excluding hydrogens is 221 g/mol. The third-order valence-electron chi connectivity index (χ3n) is 1.14. The number of halogens is 2. The van der Waals surface area contributed by atoms with Gasteiger partial charge in [-0.2, -0.15) is 12.6 Å². The zero-order valence-electron chi connectivity index (χ0n) is 6.75. The highest BCUT2D eigenvalue weighted by Gasteiger charge is 2.14. The van der Waals surface area contributed by atoms with Gasteiger partial charge in [-0.3, -0.25) is 4.79 Å². The van der Waals surface area contributed by atoms with Crippen LogP contribution in [0.3, 0.4) is 0 Å². The van der Waals surface area contributed by atoms with Crippen LogP contribution in [0.5, 0.6) is 0 Å². The number of carbonyl (C=O) groups excluding carboxylic acids is 1. The number of ether oxygens (including phenoxy) is 1. The van der Waals surface area contributed by atoms with Crippen molar-refractivity contribution in [3.63, 3.8) is 0 Å². The quantitative estimate of drug-likeness (QED) is 0.418. The predicted molar refractivity (Wildman–Crippen MR) is 55.6 cm³/mol. The van der Waals surface area contributed by atoms with Gasteiger partial charge in [0.25, 0.3) is 0 Å². The Labute approximate surface area is 89.0 Å². The molecule has 0 aliphatic carbocycles. The molecule has 6 heteroatoms. The van der Waals surface area contributed by atoms with Crippen LogP contribution in [-0.2, 0) is 9.53 Å². The Morgan fingerprint density at radius 2 is 2.33 bits per heavy atom. The van der Waals surface area contributed by atoms with Crippen molar-refractivity contribution in [1.29, 1.82) is 0 Å². The lowest BCUT2D eigenvalue weighted by atomic mass is 10.3. The van der Waals surface area contributed by atoms with E-state index in [4.69, 9.17) is 16.3 Å². The van der Waals surface area contributed by atoms with Crippen molar-refractivity contribution >= 4 is 42.6 Å². The van der Waals surface area contributed by atoms with Crippen LogP contribution in [-0.4, -0.2) is 37.3 Å². The SMILES string of the molecule is CN[C@@H](CS)C(=O)OCCCl.Cl. The number of alkyl halides is 1. The van der Waals surface area contributed by atoms with E-state index >= 15 is 0 Å². The minimum atomic E-state index is -0.332. The third-order valence-corrected chi connectivity index (χ3v) is 1.66. The van der Waals surface area contributed by atoms with Crippen LogP contribution in [0.15, 0.2) is 0 Å². The highest BCUT2D eigenvalue weighted by Crippen LogP contribution is 1.91. The molecule has 0 aliphatic heterocycles. The Kier molecular flexibility index (Phi) is 11.7. The summed E-state index contributed by atoms with van der Waals surface area (Å²) < 4.78 is 4.75. The molecule has 0 aromatic rings. The number of thiol groups is 1. The molecule has 3 nitrogen and oxygen atoms in total. The van der Waals surface area contributed by atoms with Gasteiger partial charge in [0.1, 0.15) is 12.6 Å². The minimum absolute atomic E-state index is 0. The first-order valence-electron chi connectivity index (χ1n) is 3.27. The highest BCUT2D eigenvalue weighted by atomic mass is 35.5. The van der Waals surface area contributed by atoms with E-state index in [1.54, 1.807) is 7.05 Å². The second kappa shape index (κ2) is 9.45. The summed E-state index contributed by atoms with van der Waals surface area (Å²) in [5.74, 6) is 0.454. The highest BCUT2D eigenvalue weighted by molar-refractivity contribution is 7.80. The van der Waals surface area contributed by atoms with E-state index in [-0.39, 0.29) is 31.0 Å². The second-order valence-corrected chi connectivity index (χ2v) is 2.62. The van der Waals surface area contributed by atoms with Gasteiger partial charge >= 0.3 is 5.97 Å². The Morgan fingerprint density at radius 3 is 2.67 bits per heavy atom. The lowest BCUT2D eigenvalue weighted by molar-refractivity contribution is -0.144.